The Morgan fingerprint density at radius 3 is 2.69 bits per heavy atom. The molecule has 5 nitrogen and oxygen atoms in total. The highest BCUT2D eigenvalue weighted by Crippen LogP contribution is 2.24. The van der Waals surface area contributed by atoms with Crippen molar-refractivity contribution in [2.45, 2.75) is 0 Å². The monoisotopic (exact) mass is 361 g/mol. The highest BCUT2D eigenvalue weighted by Gasteiger charge is 2.06. The number of amides is 1. The first kappa shape index (κ1) is 17.4. The van der Waals surface area contributed by atoms with Crippen LogP contribution >= 0.6 is 11.3 Å². The molecule has 128 valence electrons. The standard InChI is InChI=1S/C20H15N3O2S/c21-12-13-25-17-9-6-15(7-10-17)8-11-19(24)23-20-22-18(14-26-20)16-4-2-1-3-5-16/h1-11,14H,13H2,(H,22,23,24)/b11-8+. The zero-order valence-electron chi connectivity index (χ0n) is 13.8. The van der Waals surface area contributed by atoms with Gasteiger partial charge in [0.1, 0.15) is 11.8 Å². The van der Waals surface area contributed by atoms with Crippen LogP contribution in [0, 0.1) is 11.3 Å². The van der Waals surface area contributed by atoms with Gasteiger partial charge in [0.25, 0.3) is 0 Å². The van der Waals surface area contributed by atoms with Crippen LogP contribution in [0.1, 0.15) is 5.56 Å². The van der Waals surface area contributed by atoms with Gasteiger partial charge in [-0.3, -0.25) is 10.1 Å². The number of nitrogens with one attached hydrogen (secondary N) is 1. The van der Waals surface area contributed by atoms with Crippen LogP contribution in [-0.4, -0.2) is 17.5 Å². The van der Waals surface area contributed by atoms with E-state index in [0.717, 1.165) is 16.8 Å². The maximum absolute atomic E-state index is 12.0. The van der Waals surface area contributed by atoms with Gasteiger partial charge in [0.2, 0.25) is 5.91 Å². The summed E-state index contributed by atoms with van der Waals surface area (Å²) in [4.78, 5) is 16.5. The zero-order chi connectivity index (χ0) is 18.2. The van der Waals surface area contributed by atoms with Crippen LogP contribution < -0.4 is 10.1 Å². The number of hydrogen-bond donors (Lipinski definition) is 1. The maximum atomic E-state index is 12.0. The van der Waals surface area contributed by atoms with E-state index in [1.807, 2.05) is 53.9 Å². The molecule has 0 unspecified atom stereocenters. The molecule has 0 atom stereocenters. The van der Waals surface area contributed by atoms with Gasteiger partial charge in [-0.2, -0.15) is 5.26 Å². The topological polar surface area (TPSA) is 75.0 Å². The van der Waals surface area contributed by atoms with Crippen LogP contribution in [0.25, 0.3) is 17.3 Å². The number of carbonyl (C=O) groups is 1. The second-order valence-corrected chi connectivity index (χ2v) is 6.10. The molecule has 3 rings (SSSR count). The first-order valence-corrected chi connectivity index (χ1v) is 8.72. The number of nitrogens with zero attached hydrogens (tertiary/aromatic N) is 2. The maximum Gasteiger partial charge on any atom is 0.250 e. The molecule has 0 aliphatic carbocycles. The van der Waals surface area contributed by atoms with Gasteiger partial charge in [-0.05, 0) is 23.8 Å². The molecule has 0 aliphatic rings. The number of benzene rings is 2. The van der Waals surface area contributed by atoms with Gasteiger partial charge in [-0.25, -0.2) is 4.98 Å². The highest BCUT2D eigenvalue weighted by molar-refractivity contribution is 7.14. The number of thiazole rings is 1. The van der Waals surface area contributed by atoms with Gasteiger partial charge < -0.3 is 4.74 Å². The van der Waals surface area contributed by atoms with Gasteiger partial charge in [-0.1, -0.05) is 42.5 Å². The van der Waals surface area contributed by atoms with Crippen molar-refractivity contribution in [1.29, 1.82) is 5.26 Å². The summed E-state index contributed by atoms with van der Waals surface area (Å²) in [6.07, 6.45) is 3.16. The van der Waals surface area contributed by atoms with E-state index in [4.69, 9.17) is 10.00 Å². The van der Waals surface area contributed by atoms with E-state index in [0.29, 0.717) is 10.9 Å². The van der Waals surface area contributed by atoms with Crippen LogP contribution in [0.2, 0.25) is 0 Å². The predicted octanol–water partition coefficient (Wildman–Crippen LogP) is 4.36. The first-order chi connectivity index (χ1) is 12.7. The van der Waals surface area contributed by atoms with E-state index in [-0.39, 0.29) is 12.5 Å². The average Bonchev–Trinajstić information content (AvgIpc) is 3.14. The highest BCUT2D eigenvalue weighted by atomic mass is 32.1. The van der Waals surface area contributed by atoms with Gasteiger partial charge in [0, 0.05) is 17.0 Å². The Balaban J connectivity index is 1.58. The van der Waals surface area contributed by atoms with Crippen molar-refractivity contribution in [3.8, 4) is 23.1 Å². The molecule has 0 saturated carbocycles. The number of ether oxygens (including phenoxy) is 1. The zero-order valence-corrected chi connectivity index (χ0v) is 14.6. The van der Waals surface area contributed by atoms with Crippen molar-refractivity contribution in [2.24, 2.45) is 0 Å². The lowest BCUT2D eigenvalue weighted by Gasteiger charge is -2.01. The summed E-state index contributed by atoms with van der Waals surface area (Å²) in [5, 5.41) is 13.7. The molecule has 26 heavy (non-hydrogen) atoms. The number of anilines is 1. The fourth-order valence-electron chi connectivity index (χ4n) is 2.18. The SMILES string of the molecule is N#CCOc1ccc(/C=C/C(=O)Nc2nc(-c3ccccc3)cs2)cc1. The number of rotatable bonds is 6. The van der Waals surface area contributed by atoms with E-state index in [9.17, 15) is 4.79 Å². The van der Waals surface area contributed by atoms with Crippen LogP contribution in [0.3, 0.4) is 0 Å². The lowest BCUT2D eigenvalue weighted by molar-refractivity contribution is -0.111. The van der Waals surface area contributed by atoms with Gasteiger partial charge in [0.15, 0.2) is 11.7 Å². The van der Waals surface area contributed by atoms with Crippen LogP contribution in [-0.2, 0) is 4.79 Å². The minimum atomic E-state index is -0.247. The molecule has 1 aromatic heterocycles. The second-order valence-electron chi connectivity index (χ2n) is 5.24. The summed E-state index contributed by atoms with van der Waals surface area (Å²) in [6.45, 7) is 0.0103. The summed E-state index contributed by atoms with van der Waals surface area (Å²) in [7, 11) is 0. The molecule has 3 aromatic rings. The molecule has 0 radical (unpaired) electrons. The molecular weight excluding hydrogens is 346 g/mol. The Morgan fingerprint density at radius 2 is 1.96 bits per heavy atom. The molecule has 0 spiro atoms. The molecule has 0 aliphatic heterocycles. The quantitative estimate of drug-likeness (QED) is 0.662. The van der Waals surface area contributed by atoms with Crippen molar-refractivity contribution in [2.75, 3.05) is 11.9 Å². The third-order valence-electron chi connectivity index (χ3n) is 3.41. The van der Waals surface area contributed by atoms with Crippen LogP contribution in [0.15, 0.2) is 66.1 Å². The Kier molecular flexibility index (Phi) is 5.76. The summed E-state index contributed by atoms with van der Waals surface area (Å²) >= 11 is 1.38. The third kappa shape index (κ3) is 4.79. The smallest absolute Gasteiger partial charge is 0.250 e. The van der Waals surface area contributed by atoms with Crippen LogP contribution in [0.4, 0.5) is 5.13 Å². The third-order valence-corrected chi connectivity index (χ3v) is 4.17. The van der Waals surface area contributed by atoms with Gasteiger partial charge in [0.05, 0.1) is 5.69 Å². The average molecular weight is 361 g/mol. The summed E-state index contributed by atoms with van der Waals surface area (Å²) < 4.78 is 5.18. The van der Waals surface area contributed by atoms with Crippen molar-refractivity contribution in [1.82, 2.24) is 4.98 Å². The lowest BCUT2D eigenvalue weighted by Crippen LogP contribution is -2.07. The van der Waals surface area contributed by atoms with Crippen molar-refractivity contribution >= 4 is 28.5 Å². The molecular formula is C20H15N3O2S. The minimum absolute atomic E-state index is 0.0103. The normalized spacial score (nSPS) is 10.4. The molecule has 0 bridgehead atoms. The number of nitriles is 1. The molecule has 0 saturated heterocycles. The fraction of sp³-hybridized carbons (Fsp3) is 0.0500. The first-order valence-electron chi connectivity index (χ1n) is 7.84. The number of hydrogen-bond acceptors (Lipinski definition) is 5. The van der Waals surface area contributed by atoms with Crippen LogP contribution in [0.5, 0.6) is 5.75 Å². The second kappa shape index (κ2) is 8.60. The predicted molar refractivity (Wildman–Crippen MR) is 103 cm³/mol. The molecule has 2 aromatic carbocycles. The fourth-order valence-corrected chi connectivity index (χ4v) is 2.91. The molecule has 1 heterocycles. The van der Waals surface area contributed by atoms with Gasteiger partial charge >= 0.3 is 0 Å². The van der Waals surface area contributed by atoms with Crippen molar-refractivity contribution in [3.05, 3.63) is 71.6 Å². The Bertz CT molecular complexity index is 941. The summed E-state index contributed by atoms with van der Waals surface area (Å²) in [5.41, 5.74) is 2.70. The Morgan fingerprint density at radius 1 is 1.19 bits per heavy atom. The lowest BCUT2D eigenvalue weighted by atomic mass is 10.2. The molecule has 1 N–H and O–H groups in total. The molecule has 0 fully saturated rings. The molecule has 6 heteroatoms. The van der Waals surface area contributed by atoms with Gasteiger partial charge in [-0.15, -0.1) is 11.3 Å². The Hall–Kier alpha value is -3.43. The number of aromatic nitrogens is 1. The van der Waals surface area contributed by atoms with E-state index in [2.05, 4.69) is 10.3 Å². The number of carbonyl (C=O) groups excluding carboxylic acids is 1. The minimum Gasteiger partial charge on any atom is -0.479 e. The summed E-state index contributed by atoms with van der Waals surface area (Å²) in [5.74, 6) is 0.369. The van der Waals surface area contributed by atoms with Crippen molar-refractivity contribution < 1.29 is 9.53 Å². The van der Waals surface area contributed by atoms with E-state index in [1.165, 1.54) is 17.4 Å². The Labute approximate surface area is 155 Å². The van der Waals surface area contributed by atoms with E-state index >= 15 is 0 Å². The van der Waals surface area contributed by atoms with Crippen molar-refractivity contribution in [3.63, 3.8) is 0 Å². The largest absolute Gasteiger partial charge is 0.479 e. The molecule has 1 amide bonds. The van der Waals surface area contributed by atoms with E-state index in [1.54, 1.807) is 18.2 Å². The summed E-state index contributed by atoms with van der Waals surface area (Å²) in [6, 6.07) is 18.8. The van der Waals surface area contributed by atoms with E-state index < -0.39 is 0 Å².